The van der Waals surface area contributed by atoms with Crippen LogP contribution in [0.3, 0.4) is 0 Å². The van der Waals surface area contributed by atoms with Crippen molar-refractivity contribution in [1.29, 1.82) is 0 Å². The molecule has 19 amide bonds. The van der Waals surface area contributed by atoms with Crippen LogP contribution in [0.2, 0.25) is 0 Å². The minimum atomic E-state index is -1.32. The van der Waals surface area contributed by atoms with E-state index in [4.69, 9.17) is 5.73 Å². The number of rotatable bonds is 31. The second-order valence-electron chi connectivity index (χ2n) is 36.5. The lowest BCUT2D eigenvalue weighted by atomic mass is 10.1. The molecule has 0 aromatic rings. The first kappa shape index (κ1) is 97.6. The zero-order chi connectivity index (χ0) is 94.1. The maximum absolute atomic E-state index is 14.5. The van der Waals surface area contributed by atoms with Crippen molar-refractivity contribution in [3.8, 4) is 0 Å². The molecule has 48 heteroatoms. The highest BCUT2D eigenvalue weighted by Crippen LogP contribution is 2.34. The first-order valence-electron chi connectivity index (χ1n) is 45.9. The summed E-state index contributed by atoms with van der Waals surface area (Å²) in [4.78, 5) is 291. The largest absolute Gasteiger partial charge is 0.480 e. The molecule has 0 aromatic heterocycles. The molecule has 722 valence electrons. The van der Waals surface area contributed by atoms with Crippen molar-refractivity contribution in [2.24, 2.45) is 5.73 Å². The minimum absolute atomic E-state index is 0.0309. The van der Waals surface area contributed by atoms with Crippen LogP contribution >= 0.6 is 0 Å². The van der Waals surface area contributed by atoms with Gasteiger partial charge in [-0.05, 0) is 122 Å². The average molecular weight is 1850 g/mol. The van der Waals surface area contributed by atoms with Gasteiger partial charge in [0, 0.05) is 117 Å². The summed E-state index contributed by atoms with van der Waals surface area (Å²) in [6.07, 6.45) is -2.43. The second kappa shape index (κ2) is 43.2. The van der Waals surface area contributed by atoms with E-state index < -0.39 is 273 Å². The average Bonchev–Trinajstić information content (AvgIpc) is 1.66. The van der Waals surface area contributed by atoms with Gasteiger partial charge in [0.1, 0.15) is 78.5 Å². The number of nitrogens with two attached hydrogens (primary N) is 1. The van der Waals surface area contributed by atoms with Gasteiger partial charge in [-0.3, -0.25) is 91.1 Å². The number of aliphatic hydroxyl groups excluding tert-OH is 6. The Labute approximate surface area is 753 Å². The normalized spacial score (nSPS) is 30.2. The van der Waals surface area contributed by atoms with Crippen molar-refractivity contribution < 1.29 is 132 Å². The number of unbranched alkanes of at least 4 members (excludes halogenated alkanes) is 1. The fourth-order valence-corrected chi connectivity index (χ4v) is 21.2. The Bertz CT molecular complexity index is 4400. The van der Waals surface area contributed by atoms with E-state index in [2.05, 4.69) is 42.5 Å². The summed E-state index contributed by atoms with van der Waals surface area (Å²) < 4.78 is 0. The Balaban J connectivity index is 0.540. The van der Waals surface area contributed by atoms with E-state index in [9.17, 15) is 132 Å². The maximum Gasteiger partial charge on any atom is 0.326 e. The summed E-state index contributed by atoms with van der Waals surface area (Å²) in [5.74, 6) is -14.4. The number of carboxylic acid groups (broad SMARTS) is 1. The number of carboxylic acids is 1. The third-order valence-corrected chi connectivity index (χ3v) is 27.8. The summed E-state index contributed by atoms with van der Waals surface area (Å²) in [6, 6.07) is -15.8. The summed E-state index contributed by atoms with van der Waals surface area (Å²) in [5.41, 5.74) is 5.80. The van der Waals surface area contributed by atoms with E-state index in [-0.39, 0.29) is 174 Å². The molecule has 0 aliphatic carbocycles. The van der Waals surface area contributed by atoms with E-state index in [1.165, 1.54) is 34.3 Å². The standard InChI is InChI=1S/C83H123N21O27/c84-18-2-1-10-50(92-64(111)33-86-70(117)54-13-5-21-95(54)78(125)59-27-45(106)39-100(59)66(113)35-88-72(119)53-12-4-20-94(53)77(124)51-26-44(105)32-85-51)76(123)93-19-3-11-52(93)71(118)87-34-65(112)101-40-46(107)28-60(101)79(126)96-22-6-14-55(96)73(120)89-36-67(114)102-41-47(108)29-61(102)80(127)97-23-7-15-56(97)74(121)90-37-68(115)103-42-48(109)30-62(103)81(128)98-24-8-16-57(98)75(122)91-38-69(116)104-43-49(110)31-63(104)82(129)99-25-9-17-58(99)83(130)131/h44-63,85,105-110H,1-43,84H2,(H,86,117)(H,87,118)(H,88,119)(H,89,120)(H,90,121)(H,91,122)(H,92,111)(H,130,131)/t44-,45-,46-,47-,48-,49-,50+,51+,52+,53+,54+,55+,56+,57+,58+,59+,60+,61+,62+,63+/m1/s1. The van der Waals surface area contributed by atoms with Gasteiger partial charge in [0.15, 0.2) is 0 Å². The van der Waals surface area contributed by atoms with Gasteiger partial charge < -0.3 is 143 Å². The molecule has 13 heterocycles. The topological polar surface area (TPSA) is 644 Å². The molecule has 17 N–H and O–H groups in total. The van der Waals surface area contributed by atoms with Gasteiger partial charge >= 0.3 is 5.97 Å². The first-order chi connectivity index (χ1) is 62.6. The molecule has 0 bridgehead atoms. The Kier molecular flexibility index (Phi) is 32.2. The number of β-amino-alcohol motifs (C(OH)–C–C–N with tert-alkyl or cyclic N) is 6. The fourth-order valence-electron chi connectivity index (χ4n) is 21.2. The van der Waals surface area contributed by atoms with Crippen LogP contribution in [-0.2, 0) is 95.9 Å². The van der Waals surface area contributed by atoms with Gasteiger partial charge in [0.25, 0.3) is 0 Å². The predicted molar refractivity (Wildman–Crippen MR) is 447 cm³/mol. The van der Waals surface area contributed by atoms with Crippen LogP contribution in [-0.4, -0.2) is 465 Å². The number of nitrogens with zero attached hydrogens (tertiary/aromatic N) is 12. The lowest BCUT2D eigenvalue weighted by Crippen LogP contribution is -2.57. The molecule has 131 heavy (non-hydrogen) atoms. The SMILES string of the molecule is NCCCC[C@H](NC(=O)CNC(=O)[C@@H]1CCCN1C(=O)[C@@H]1C[C@@H](O)CN1C(=O)CNC(=O)[C@@H]1CCCN1C(=O)[C@@H]1C[C@@H](O)CN1)C(=O)N1CCC[C@H]1C(=O)NCC(=O)N1C[C@H](O)C[C@H]1C(=O)N1CCC[C@H]1C(=O)NCC(=O)N1C[C@H](O)C[C@H]1C(=O)N1CCC[C@H]1C(=O)NCC(=O)N1C[C@H](O)C[C@H]1C(=O)N1CCC[C@H]1C(=O)NCC(=O)N1C[C@H](O)C[C@H]1C(=O)N1CCC[C@H]1C(=O)O. The maximum atomic E-state index is 14.5. The smallest absolute Gasteiger partial charge is 0.326 e. The number of hydrogen-bond donors (Lipinski definition) is 16. The van der Waals surface area contributed by atoms with E-state index >= 15 is 0 Å². The highest BCUT2D eigenvalue weighted by molar-refractivity contribution is 6.02. The Morgan fingerprint density at radius 3 is 0.817 bits per heavy atom. The lowest BCUT2D eigenvalue weighted by molar-refractivity contribution is -0.151. The molecule has 0 unspecified atom stereocenters. The summed E-state index contributed by atoms with van der Waals surface area (Å²) in [5, 5.41) is 94.4. The summed E-state index contributed by atoms with van der Waals surface area (Å²) >= 11 is 0. The van der Waals surface area contributed by atoms with Crippen LogP contribution in [0.5, 0.6) is 0 Å². The summed E-state index contributed by atoms with van der Waals surface area (Å²) in [6.45, 7) is -4.11. The highest BCUT2D eigenvalue weighted by atomic mass is 16.4. The van der Waals surface area contributed by atoms with Crippen LogP contribution < -0.4 is 48.3 Å². The number of likely N-dealkylation sites (tertiary alicyclic amines) is 12. The Morgan fingerprint density at radius 1 is 0.298 bits per heavy atom. The number of aliphatic carboxylic acids is 1. The van der Waals surface area contributed by atoms with Gasteiger partial charge in [-0.1, -0.05) is 0 Å². The van der Waals surface area contributed by atoms with Gasteiger partial charge in [-0.25, -0.2) is 4.79 Å². The third kappa shape index (κ3) is 22.2. The van der Waals surface area contributed by atoms with Crippen LogP contribution in [0.1, 0.15) is 148 Å². The van der Waals surface area contributed by atoms with Gasteiger partial charge in [0.05, 0.1) is 81.9 Å². The van der Waals surface area contributed by atoms with Gasteiger partial charge in [-0.15, -0.1) is 0 Å². The zero-order valence-corrected chi connectivity index (χ0v) is 73.2. The van der Waals surface area contributed by atoms with Gasteiger partial charge in [-0.2, -0.15) is 0 Å². The van der Waals surface area contributed by atoms with Crippen molar-refractivity contribution in [3.63, 3.8) is 0 Å². The van der Waals surface area contributed by atoms with Crippen LogP contribution in [0.15, 0.2) is 0 Å². The molecule has 13 rings (SSSR count). The Hall–Kier alpha value is -10.9. The number of hydrogen-bond acceptors (Lipinski definition) is 28. The molecular weight excluding hydrogens is 1720 g/mol. The molecule has 48 nitrogen and oxygen atoms in total. The summed E-state index contributed by atoms with van der Waals surface area (Å²) in [7, 11) is 0. The van der Waals surface area contributed by atoms with Crippen molar-refractivity contribution in [1.82, 2.24) is 101 Å². The number of nitrogens with one attached hydrogen (secondary N) is 8. The molecule has 13 saturated heterocycles. The van der Waals surface area contributed by atoms with Gasteiger partial charge in [0.2, 0.25) is 112 Å². The molecule has 20 atom stereocenters. The first-order valence-corrected chi connectivity index (χ1v) is 45.9. The molecule has 0 saturated carbocycles. The lowest BCUT2D eigenvalue weighted by Gasteiger charge is -2.32. The van der Waals surface area contributed by atoms with E-state index in [0.717, 1.165) is 24.5 Å². The zero-order valence-electron chi connectivity index (χ0n) is 73.2. The quantitative estimate of drug-likeness (QED) is 0.0287. The third-order valence-electron chi connectivity index (χ3n) is 27.8. The predicted octanol–water partition coefficient (Wildman–Crippen LogP) is -12.1. The van der Waals surface area contributed by atoms with Crippen molar-refractivity contribution in [2.45, 2.75) is 269 Å². The monoisotopic (exact) mass is 1850 g/mol. The molecule has 0 spiro atoms. The van der Waals surface area contributed by atoms with Crippen molar-refractivity contribution in [3.05, 3.63) is 0 Å². The highest BCUT2D eigenvalue weighted by Gasteiger charge is 2.53. The molecular formula is C83H123N21O27. The molecule has 13 aliphatic rings. The molecule has 13 fully saturated rings. The fraction of sp³-hybridized carbons (Fsp3) is 0.759. The number of carbonyl (C=O) groups is 20. The van der Waals surface area contributed by atoms with E-state index in [0.29, 0.717) is 70.8 Å². The number of aliphatic hydroxyl groups is 6. The van der Waals surface area contributed by atoms with Crippen LogP contribution in [0.4, 0.5) is 0 Å². The van der Waals surface area contributed by atoms with Crippen molar-refractivity contribution >= 4 is 118 Å². The van der Waals surface area contributed by atoms with E-state index in [1.54, 1.807) is 0 Å². The molecule has 13 aliphatic heterocycles. The number of amides is 19. The molecule has 0 aromatic carbocycles. The second-order valence-corrected chi connectivity index (χ2v) is 36.5. The van der Waals surface area contributed by atoms with E-state index in [1.807, 2.05) is 0 Å². The molecule has 0 radical (unpaired) electrons. The van der Waals surface area contributed by atoms with Crippen LogP contribution in [0.25, 0.3) is 0 Å². The van der Waals surface area contributed by atoms with Crippen LogP contribution in [0, 0.1) is 0 Å². The minimum Gasteiger partial charge on any atom is -0.480 e. The Morgan fingerprint density at radius 2 is 0.550 bits per heavy atom. The van der Waals surface area contributed by atoms with Crippen molar-refractivity contribution in [2.75, 3.05) is 131 Å². The number of carbonyl (C=O) groups excluding carboxylic acids is 19.